The molecule has 0 bridgehead atoms. The lowest BCUT2D eigenvalue weighted by Gasteiger charge is -2.32. The zero-order chi connectivity index (χ0) is 22.5. The Morgan fingerprint density at radius 2 is 1.81 bits per heavy atom. The maximum atomic E-state index is 13.1. The third-order valence-corrected chi connectivity index (χ3v) is 5.14. The lowest BCUT2D eigenvalue weighted by Crippen LogP contribution is -2.45. The molecule has 3 heterocycles. The van der Waals surface area contributed by atoms with Crippen LogP contribution in [-0.4, -0.2) is 64.0 Å². The minimum Gasteiger partial charge on any atom is -0.338 e. The van der Waals surface area contributed by atoms with E-state index in [9.17, 15) is 9.18 Å². The summed E-state index contributed by atoms with van der Waals surface area (Å²) in [5.41, 5.74) is 0.903. The molecule has 0 spiro atoms. The second-order valence-electron chi connectivity index (χ2n) is 7.53. The molecule has 166 valence electrons. The number of aromatic nitrogens is 4. The van der Waals surface area contributed by atoms with Crippen LogP contribution in [0.15, 0.2) is 42.6 Å². The molecule has 2 aromatic heterocycles. The number of carbonyl (C=O) groups is 1. The number of piperazine rings is 1. The second-order valence-corrected chi connectivity index (χ2v) is 7.53. The number of carbonyl (C=O) groups excluding carboxylic acids is 1. The molecule has 1 amide bonds. The van der Waals surface area contributed by atoms with Crippen LogP contribution in [0.2, 0.25) is 0 Å². The number of nitrogens with one attached hydrogen (secondary N) is 2. The van der Waals surface area contributed by atoms with Gasteiger partial charge in [0.25, 0.3) is 5.91 Å². The van der Waals surface area contributed by atoms with Gasteiger partial charge in [-0.3, -0.25) is 4.79 Å². The summed E-state index contributed by atoms with van der Waals surface area (Å²) in [7, 11) is 2.10. The van der Waals surface area contributed by atoms with Crippen LogP contribution in [0.5, 0.6) is 0 Å². The van der Waals surface area contributed by atoms with Crippen molar-refractivity contribution < 1.29 is 9.18 Å². The molecule has 2 N–H and O–H groups in total. The molecule has 9 nitrogen and oxygen atoms in total. The van der Waals surface area contributed by atoms with Crippen molar-refractivity contribution in [1.82, 2.24) is 24.8 Å². The van der Waals surface area contributed by atoms with Gasteiger partial charge in [0.05, 0.1) is 0 Å². The minimum absolute atomic E-state index is 0.329. The largest absolute Gasteiger partial charge is 0.338 e. The molecule has 10 heteroatoms. The average Bonchev–Trinajstić information content (AvgIpc) is 2.81. The summed E-state index contributed by atoms with van der Waals surface area (Å²) in [6, 6.07) is 8.81. The lowest BCUT2D eigenvalue weighted by atomic mass is 10.2. The van der Waals surface area contributed by atoms with Crippen LogP contribution in [0, 0.1) is 5.82 Å². The number of anilines is 4. The van der Waals surface area contributed by atoms with Crippen molar-refractivity contribution in [3.05, 3.63) is 59.8 Å². The fourth-order valence-corrected chi connectivity index (χ4v) is 3.26. The van der Waals surface area contributed by atoms with Crippen molar-refractivity contribution in [2.75, 3.05) is 48.8 Å². The van der Waals surface area contributed by atoms with E-state index in [4.69, 9.17) is 0 Å². The zero-order valence-electron chi connectivity index (χ0n) is 18.0. The maximum absolute atomic E-state index is 13.1. The topological polar surface area (TPSA) is 99.2 Å². The van der Waals surface area contributed by atoms with Gasteiger partial charge in [-0.05, 0) is 43.4 Å². The standard InChI is InChI=1S/C22H25FN8O/c1-3-18-26-21(29-22(28-18)31-12-10-30(2)11-13-31)27-19-14-15(8-9-24-19)20(32)25-17-6-4-16(23)5-7-17/h4-9,14H,3,10-13H2,1-2H3,(H,25,32)(H,24,26,27,28,29). The van der Waals surface area contributed by atoms with E-state index >= 15 is 0 Å². The predicted molar refractivity (Wildman–Crippen MR) is 121 cm³/mol. The molecule has 32 heavy (non-hydrogen) atoms. The van der Waals surface area contributed by atoms with Crippen LogP contribution in [0.4, 0.5) is 27.8 Å². The molecule has 0 atom stereocenters. The lowest BCUT2D eigenvalue weighted by molar-refractivity contribution is 0.102. The SMILES string of the molecule is CCc1nc(Nc2cc(C(=O)Nc3ccc(F)cc3)ccn2)nc(N2CCN(C)CC2)n1. The number of pyridine rings is 1. The van der Waals surface area contributed by atoms with Gasteiger partial charge in [-0.1, -0.05) is 6.92 Å². The van der Waals surface area contributed by atoms with Crippen molar-refractivity contribution in [2.45, 2.75) is 13.3 Å². The summed E-state index contributed by atoms with van der Waals surface area (Å²) < 4.78 is 13.1. The van der Waals surface area contributed by atoms with Crippen molar-refractivity contribution in [3.8, 4) is 0 Å². The van der Waals surface area contributed by atoms with Gasteiger partial charge in [0.15, 0.2) is 0 Å². The summed E-state index contributed by atoms with van der Waals surface area (Å²) in [5.74, 6) is 1.45. The molecule has 0 radical (unpaired) electrons. The number of hydrogen-bond donors (Lipinski definition) is 2. The van der Waals surface area contributed by atoms with Crippen molar-refractivity contribution in [1.29, 1.82) is 0 Å². The van der Waals surface area contributed by atoms with E-state index in [1.54, 1.807) is 12.1 Å². The third kappa shape index (κ3) is 5.33. The monoisotopic (exact) mass is 436 g/mol. The van der Waals surface area contributed by atoms with Crippen LogP contribution in [0.25, 0.3) is 0 Å². The number of rotatable bonds is 6. The molecule has 1 fully saturated rings. The van der Waals surface area contributed by atoms with Crippen molar-refractivity contribution >= 4 is 29.3 Å². The molecular formula is C22H25FN8O. The summed E-state index contributed by atoms with van der Waals surface area (Å²) in [5, 5.41) is 5.83. The molecule has 3 aromatic rings. The maximum Gasteiger partial charge on any atom is 0.255 e. The highest BCUT2D eigenvalue weighted by molar-refractivity contribution is 6.04. The highest BCUT2D eigenvalue weighted by Gasteiger charge is 2.18. The highest BCUT2D eigenvalue weighted by Crippen LogP contribution is 2.18. The summed E-state index contributed by atoms with van der Waals surface area (Å²) in [6.45, 7) is 5.58. The fourth-order valence-electron chi connectivity index (χ4n) is 3.26. The molecule has 1 aromatic carbocycles. The van der Waals surface area contributed by atoms with Crippen LogP contribution in [0.3, 0.4) is 0 Å². The summed E-state index contributed by atoms with van der Waals surface area (Å²) >= 11 is 0. The van der Waals surface area contributed by atoms with Gasteiger partial charge in [-0.2, -0.15) is 15.0 Å². The van der Waals surface area contributed by atoms with E-state index < -0.39 is 0 Å². The molecule has 1 aliphatic heterocycles. The van der Waals surface area contributed by atoms with E-state index in [-0.39, 0.29) is 11.7 Å². The predicted octanol–water partition coefficient (Wildman–Crippen LogP) is 2.72. The van der Waals surface area contributed by atoms with Gasteiger partial charge in [0.1, 0.15) is 17.5 Å². The zero-order valence-corrected chi connectivity index (χ0v) is 18.0. The average molecular weight is 436 g/mol. The number of halogens is 1. The second kappa shape index (κ2) is 9.65. The number of amides is 1. The van der Waals surface area contributed by atoms with Crippen molar-refractivity contribution in [2.24, 2.45) is 0 Å². The third-order valence-electron chi connectivity index (χ3n) is 5.14. The first-order valence-electron chi connectivity index (χ1n) is 10.5. The van der Waals surface area contributed by atoms with Gasteiger partial charge in [-0.15, -0.1) is 0 Å². The van der Waals surface area contributed by atoms with Gasteiger partial charge in [0.2, 0.25) is 11.9 Å². The van der Waals surface area contributed by atoms with Crippen LogP contribution < -0.4 is 15.5 Å². The molecular weight excluding hydrogens is 411 g/mol. The Hall–Kier alpha value is -3.66. The highest BCUT2D eigenvalue weighted by atomic mass is 19.1. The molecule has 0 aliphatic carbocycles. The Labute approximate surface area is 185 Å². The molecule has 1 saturated heterocycles. The van der Waals surface area contributed by atoms with Gasteiger partial charge >= 0.3 is 0 Å². The normalized spacial score (nSPS) is 14.3. The van der Waals surface area contributed by atoms with Crippen LogP contribution in [-0.2, 0) is 6.42 Å². The van der Waals surface area contributed by atoms with Crippen LogP contribution in [0.1, 0.15) is 23.1 Å². The first kappa shape index (κ1) is 21.6. The summed E-state index contributed by atoms with van der Waals surface area (Å²) in [4.78, 5) is 34.9. The molecule has 4 rings (SSSR count). The Balaban J connectivity index is 1.50. The fraction of sp³-hybridized carbons (Fsp3) is 0.318. The minimum atomic E-state index is -0.363. The number of nitrogens with zero attached hydrogens (tertiary/aromatic N) is 6. The number of likely N-dealkylation sites (N-methyl/N-ethyl adjacent to an activating group) is 1. The van der Waals surface area contributed by atoms with E-state index in [1.165, 1.54) is 30.5 Å². The Bertz CT molecular complexity index is 1080. The van der Waals surface area contributed by atoms with Gasteiger partial charge < -0.3 is 20.4 Å². The smallest absolute Gasteiger partial charge is 0.255 e. The number of aryl methyl sites for hydroxylation is 1. The molecule has 0 saturated carbocycles. The van der Waals surface area contributed by atoms with E-state index in [2.05, 4.69) is 47.4 Å². The summed E-state index contributed by atoms with van der Waals surface area (Å²) in [6.07, 6.45) is 2.21. The Kier molecular flexibility index (Phi) is 6.50. The van der Waals surface area contributed by atoms with E-state index in [0.29, 0.717) is 41.2 Å². The number of benzene rings is 1. The van der Waals surface area contributed by atoms with E-state index in [0.717, 1.165) is 26.2 Å². The van der Waals surface area contributed by atoms with Gasteiger partial charge in [0, 0.05) is 50.0 Å². The number of hydrogen-bond acceptors (Lipinski definition) is 8. The Morgan fingerprint density at radius 1 is 1.06 bits per heavy atom. The van der Waals surface area contributed by atoms with Crippen LogP contribution >= 0.6 is 0 Å². The molecule has 0 unspecified atom stereocenters. The van der Waals surface area contributed by atoms with Crippen molar-refractivity contribution in [3.63, 3.8) is 0 Å². The quantitative estimate of drug-likeness (QED) is 0.609. The Morgan fingerprint density at radius 3 is 2.53 bits per heavy atom. The first-order valence-corrected chi connectivity index (χ1v) is 10.5. The molecule has 1 aliphatic rings. The van der Waals surface area contributed by atoms with Gasteiger partial charge in [-0.25, -0.2) is 9.37 Å². The van der Waals surface area contributed by atoms with E-state index in [1.807, 2.05) is 6.92 Å². The first-order chi connectivity index (χ1) is 15.5.